The van der Waals surface area contributed by atoms with Crippen LogP contribution in [0.15, 0.2) is 0 Å². The third kappa shape index (κ3) is 19.3. The maximum Gasteiger partial charge on any atom is 0.187 e. The van der Waals surface area contributed by atoms with Crippen molar-refractivity contribution in [2.45, 2.75) is 215 Å². The van der Waals surface area contributed by atoms with Crippen molar-refractivity contribution in [2.24, 2.45) is 0 Å². The van der Waals surface area contributed by atoms with Crippen molar-refractivity contribution in [3.63, 3.8) is 0 Å². The summed E-state index contributed by atoms with van der Waals surface area (Å²) in [6.45, 7) is 4.30. The molecule has 3 heterocycles. The second-order valence-electron chi connectivity index (χ2n) is 15.9. The van der Waals surface area contributed by atoms with Crippen LogP contribution in [-0.4, -0.2) is 195 Å². The van der Waals surface area contributed by atoms with Crippen LogP contribution >= 0.6 is 0 Å². The quantitative estimate of drug-likeness (QED) is 0.0446. The molecule has 0 aliphatic carbocycles. The first-order chi connectivity index (χ1) is 28.5. The summed E-state index contributed by atoms with van der Waals surface area (Å²) >= 11 is 0. The van der Waals surface area contributed by atoms with Gasteiger partial charge in [-0.05, 0) is 12.8 Å². The van der Waals surface area contributed by atoms with Crippen molar-refractivity contribution >= 4 is 0 Å². The van der Waals surface area contributed by atoms with E-state index in [0.717, 1.165) is 25.7 Å². The Bertz CT molecular complexity index is 996. The van der Waals surface area contributed by atoms with Gasteiger partial charge >= 0.3 is 0 Å². The van der Waals surface area contributed by atoms with Crippen molar-refractivity contribution in [3.05, 3.63) is 0 Å². The first-order valence-corrected chi connectivity index (χ1v) is 22.2. The fourth-order valence-electron chi connectivity index (χ4n) is 7.17. The Morgan fingerprint density at radius 1 is 0.356 bits per heavy atom. The van der Waals surface area contributed by atoms with Gasteiger partial charge in [0, 0.05) is 13.2 Å². The van der Waals surface area contributed by atoms with E-state index < -0.39 is 112 Å². The molecule has 352 valence electrons. The predicted octanol–water partition coefficient (Wildman–Crippen LogP) is 0.118. The van der Waals surface area contributed by atoms with Gasteiger partial charge in [-0.1, -0.05) is 110 Å². The van der Waals surface area contributed by atoms with Crippen molar-refractivity contribution in [1.29, 1.82) is 0 Å². The Balaban J connectivity index is 0.000000427. The monoisotopic (exact) mass is 861 g/mol. The molecule has 0 amide bonds. The lowest BCUT2D eigenvalue weighted by molar-refractivity contribution is -0.359. The maximum atomic E-state index is 10.6. The summed E-state index contributed by atoms with van der Waals surface area (Å²) in [5.41, 5.74) is 0. The zero-order valence-electron chi connectivity index (χ0n) is 35.4. The Morgan fingerprint density at radius 2 is 0.729 bits per heavy atom. The van der Waals surface area contributed by atoms with E-state index in [2.05, 4.69) is 13.8 Å². The third-order valence-electron chi connectivity index (χ3n) is 11.0. The van der Waals surface area contributed by atoms with Crippen LogP contribution in [0.4, 0.5) is 0 Å². The molecule has 3 rings (SSSR count). The Labute approximate surface area is 350 Å². The van der Waals surface area contributed by atoms with E-state index >= 15 is 0 Å². The average molecular weight is 861 g/mol. The van der Waals surface area contributed by atoms with Crippen LogP contribution in [0.2, 0.25) is 0 Å². The molecule has 6 unspecified atom stereocenters. The first kappa shape index (κ1) is 54.4. The van der Waals surface area contributed by atoms with Crippen LogP contribution < -0.4 is 0 Å². The number of hydrogen-bond donors (Lipinski definition) is 11. The van der Waals surface area contributed by atoms with Gasteiger partial charge in [0.2, 0.25) is 0 Å². The van der Waals surface area contributed by atoms with Crippen LogP contribution in [0.1, 0.15) is 123 Å². The zero-order chi connectivity index (χ0) is 43.6. The molecule has 3 aliphatic heterocycles. The molecule has 15 atom stereocenters. The lowest BCUT2D eigenvalue weighted by atomic mass is 9.97. The summed E-state index contributed by atoms with van der Waals surface area (Å²) in [4.78, 5) is 0. The second-order valence-corrected chi connectivity index (χ2v) is 15.9. The maximum absolute atomic E-state index is 10.6. The molecule has 0 bridgehead atoms. The number of aliphatic hydroxyl groups excluding tert-OH is 11. The molecule has 18 heteroatoms. The van der Waals surface area contributed by atoms with E-state index in [4.69, 9.17) is 38.3 Å². The van der Waals surface area contributed by atoms with E-state index in [0.29, 0.717) is 19.8 Å². The second kappa shape index (κ2) is 32.0. The minimum absolute atomic E-state index is 0.208. The Morgan fingerprint density at radius 3 is 1.20 bits per heavy atom. The number of rotatable bonds is 29. The van der Waals surface area contributed by atoms with E-state index in [1.54, 1.807) is 0 Å². The van der Waals surface area contributed by atoms with Gasteiger partial charge < -0.3 is 89.3 Å². The summed E-state index contributed by atoms with van der Waals surface area (Å²) in [7, 11) is 0. The van der Waals surface area contributed by atoms with Crippen LogP contribution in [0.25, 0.3) is 0 Å². The molecular formula is C41H80O18. The molecule has 3 fully saturated rings. The molecule has 0 aromatic rings. The van der Waals surface area contributed by atoms with Gasteiger partial charge in [-0.25, -0.2) is 0 Å². The van der Waals surface area contributed by atoms with Crippen LogP contribution in [0, 0.1) is 0 Å². The zero-order valence-corrected chi connectivity index (χ0v) is 35.4. The highest BCUT2D eigenvalue weighted by molar-refractivity contribution is 4.94. The van der Waals surface area contributed by atoms with Crippen molar-refractivity contribution in [2.75, 3.05) is 46.2 Å². The first-order valence-electron chi connectivity index (χ1n) is 22.2. The molecule has 0 radical (unpaired) electrons. The SMILES string of the molecule is CCCCCCCCCCCO[C@@H]1OC(CO)[C@@H](O[C@H]2OC(CO)[C@@H](O)[C@@H](O)C2O)[C@@H](O)C1O.CCCCCCCCCCOCCO[C@H]1OC(CO)[C@@H](O)[C@@H](O)C1O. The topological polar surface area (TPSA) is 287 Å². The number of unbranched alkanes of at least 4 members (excludes halogenated alkanes) is 15. The van der Waals surface area contributed by atoms with E-state index in [1.807, 2.05) is 0 Å². The van der Waals surface area contributed by atoms with E-state index in [9.17, 15) is 51.1 Å². The molecule has 0 aromatic heterocycles. The summed E-state index contributed by atoms with van der Waals surface area (Å²) in [5.74, 6) is 0. The van der Waals surface area contributed by atoms with Gasteiger partial charge in [0.05, 0.1) is 33.0 Å². The van der Waals surface area contributed by atoms with Gasteiger partial charge in [0.25, 0.3) is 0 Å². The van der Waals surface area contributed by atoms with Gasteiger partial charge in [-0.2, -0.15) is 0 Å². The molecule has 18 nitrogen and oxygen atoms in total. The van der Waals surface area contributed by atoms with Crippen LogP contribution in [0.3, 0.4) is 0 Å². The molecular weight excluding hydrogens is 780 g/mol. The van der Waals surface area contributed by atoms with Crippen molar-refractivity contribution < 1.29 is 89.3 Å². The van der Waals surface area contributed by atoms with Gasteiger partial charge in [-0.3, -0.25) is 0 Å². The lowest BCUT2D eigenvalue weighted by Crippen LogP contribution is -2.64. The van der Waals surface area contributed by atoms with Gasteiger partial charge in [0.15, 0.2) is 18.9 Å². The van der Waals surface area contributed by atoms with E-state index in [1.165, 1.54) is 83.5 Å². The fraction of sp³-hybridized carbons (Fsp3) is 1.00. The van der Waals surface area contributed by atoms with E-state index in [-0.39, 0.29) is 6.61 Å². The number of ether oxygens (including phenoxy) is 7. The summed E-state index contributed by atoms with van der Waals surface area (Å²) < 4.78 is 38.1. The number of aliphatic hydroxyl groups is 11. The summed E-state index contributed by atoms with van der Waals surface area (Å²) in [6, 6.07) is 0. The van der Waals surface area contributed by atoms with Gasteiger partial charge in [0.1, 0.15) is 73.2 Å². The van der Waals surface area contributed by atoms with Crippen LogP contribution in [0.5, 0.6) is 0 Å². The molecule has 0 spiro atoms. The van der Waals surface area contributed by atoms with Crippen LogP contribution in [-0.2, 0) is 33.2 Å². The molecule has 3 aliphatic rings. The standard InChI is InChI=1S/C23H44O11.C18H36O7/c1-2-3-4-5-6-7-8-9-10-11-31-22-20(30)18(28)21(15(13-25)33-22)34-23-19(29)17(27)16(26)14(12-24)32-23;1-2-3-4-5-6-7-8-9-10-23-11-12-24-18-17(22)16(21)15(20)14(13-19)25-18/h14-30H,2-13H2,1H3;14-22H,2-13H2,1H3/t14?,15?,16-,17-,18+,19?,20?,21-,22-,23-;14?,15-,16-,17?,18+/m11/s1. The Hall–Kier alpha value is -0.720. The Kier molecular flexibility index (Phi) is 29.5. The average Bonchev–Trinajstić information content (AvgIpc) is 3.24. The summed E-state index contributed by atoms with van der Waals surface area (Å²) in [5, 5.41) is 108. The molecule has 3 saturated heterocycles. The highest BCUT2D eigenvalue weighted by Crippen LogP contribution is 2.30. The highest BCUT2D eigenvalue weighted by atomic mass is 16.7. The molecule has 59 heavy (non-hydrogen) atoms. The highest BCUT2D eigenvalue weighted by Gasteiger charge is 2.51. The number of hydrogen-bond acceptors (Lipinski definition) is 18. The smallest absolute Gasteiger partial charge is 0.187 e. The normalized spacial score (nSPS) is 35.0. The van der Waals surface area contributed by atoms with Gasteiger partial charge in [-0.15, -0.1) is 0 Å². The molecule has 11 N–H and O–H groups in total. The minimum Gasteiger partial charge on any atom is -0.394 e. The molecule has 0 aromatic carbocycles. The predicted molar refractivity (Wildman–Crippen MR) is 213 cm³/mol. The molecule has 0 saturated carbocycles. The fourth-order valence-corrected chi connectivity index (χ4v) is 7.17. The van der Waals surface area contributed by atoms with Crippen molar-refractivity contribution in [3.8, 4) is 0 Å². The largest absolute Gasteiger partial charge is 0.394 e. The summed E-state index contributed by atoms with van der Waals surface area (Å²) in [6.07, 6.45) is -0.157. The van der Waals surface area contributed by atoms with Crippen molar-refractivity contribution in [1.82, 2.24) is 0 Å². The third-order valence-corrected chi connectivity index (χ3v) is 11.0. The minimum atomic E-state index is -1.69. The lowest BCUT2D eigenvalue weighted by Gasteiger charge is -2.45.